The van der Waals surface area contributed by atoms with Gasteiger partial charge in [-0.15, -0.1) is 0 Å². The first kappa shape index (κ1) is 31.0. The van der Waals surface area contributed by atoms with Crippen molar-refractivity contribution in [3.05, 3.63) is 94.0 Å². The predicted octanol–water partition coefficient (Wildman–Crippen LogP) is 3.01. The molecule has 7 nitrogen and oxygen atoms in total. The fourth-order valence-electron chi connectivity index (χ4n) is 4.36. The Morgan fingerprint density at radius 3 is 1.88 bits per heavy atom. The average molecular weight is 615 g/mol. The molecule has 1 aliphatic carbocycles. The van der Waals surface area contributed by atoms with Crippen LogP contribution in [0.25, 0.3) is 0 Å². The number of rotatable bonds is 2. The van der Waals surface area contributed by atoms with Gasteiger partial charge in [-0.25, -0.2) is 10.5 Å². The van der Waals surface area contributed by atoms with Gasteiger partial charge in [0.15, 0.2) is 0 Å². The number of hydrogen-bond acceptors (Lipinski definition) is 3. The van der Waals surface area contributed by atoms with Gasteiger partial charge < -0.3 is 10.8 Å². The van der Waals surface area contributed by atoms with E-state index in [-0.39, 0.29) is 39.0 Å². The van der Waals surface area contributed by atoms with Crippen molar-refractivity contribution >= 4 is 17.5 Å². The summed E-state index contributed by atoms with van der Waals surface area (Å²) in [6.07, 6.45) is 13.5. The summed E-state index contributed by atoms with van der Waals surface area (Å²) in [6.45, 7) is 17.4. The molecule has 2 saturated heterocycles. The van der Waals surface area contributed by atoms with Crippen molar-refractivity contribution in [1.29, 1.82) is 0 Å². The molecule has 3 heterocycles. The van der Waals surface area contributed by atoms with Crippen LogP contribution in [0.3, 0.4) is 0 Å². The summed E-state index contributed by atoms with van der Waals surface area (Å²) < 4.78 is 28.5. The number of fused-ring (bicyclic) bond motifs is 5. The minimum atomic E-state index is -0.633. The fraction of sp³-hybridized carbons (Fsp3) is 0.280. The molecule has 2 bridgehead atoms. The maximum Gasteiger partial charge on any atom is 2.00 e. The van der Waals surface area contributed by atoms with E-state index in [4.69, 9.17) is 18.7 Å². The molecule has 1 aromatic rings. The van der Waals surface area contributed by atoms with Gasteiger partial charge in [-0.05, 0) is 50.7 Å². The average Bonchev–Trinajstić information content (AvgIpc) is 3.64. The van der Waals surface area contributed by atoms with E-state index in [1.807, 2.05) is 64.2 Å². The smallest absolute Gasteiger partial charge is 0.0312 e. The number of para-hydroxylation sites is 1. The van der Waals surface area contributed by atoms with Crippen molar-refractivity contribution in [2.24, 2.45) is 11.8 Å². The SMILES string of the molecule is CC[C@]12O[C@H]([C-]=C1C)[C@H]1C(=O)N(c3ccccc3)C(=O)[C@H]12.[C-]#[O+].[C-]#[O+].[C-]#[O+].[CH]1[CH][CH][CH][CH]1.[W+2]. The van der Waals surface area contributed by atoms with Crippen LogP contribution in [0.1, 0.15) is 20.3 Å². The Kier molecular flexibility index (Phi) is 14.1. The van der Waals surface area contributed by atoms with Crippen molar-refractivity contribution in [3.8, 4) is 0 Å². The van der Waals surface area contributed by atoms with Crippen LogP contribution in [-0.4, -0.2) is 23.5 Å². The molecule has 5 radical (unpaired) electrons. The Morgan fingerprint density at radius 1 is 0.939 bits per heavy atom. The molecule has 1 saturated carbocycles. The molecule has 3 fully saturated rings. The van der Waals surface area contributed by atoms with E-state index in [0.29, 0.717) is 12.1 Å². The van der Waals surface area contributed by atoms with Crippen LogP contribution in [-0.2, 0) is 49.3 Å². The second-order valence-electron chi connectivity index (χ2n) is 6.86. The van der Waals surface area contributed by atoms with Crippen molar-refractivity contribution < 1.29 is 49.3 Å². The predicted molar refractivity (Wildman–Crippen MR) is 110 cm³/mol. The first-order chi connectivity index (χ1) is 15.6. The van der Waals surface area contributed by atoms with Crippen LogP contribution in [0.15, 0.2) is 35.9 Å². The maximum absolute atomic E-state index is 12.9. The standard InChI is InChI=1S/C17H16NO3.C5H5.3CO.W/c1-3-17-10(2)9-12(21-17)13-14(17)16(20)18(15(13)19)11-7-5-4-6-8-11;1-2-4-5-3-1;3*1-2;/h4-8,12-14H,3H2,1-2H3;1-5H;;;;/q-1;;;;;+2/t12-,13-,14+,17+;;;;;/m1...../s1. The molecule has 0 aromatic heterocycles. The monoisotopic (exact) mass is 615 g/mol. The number of ether oxygens (including phenoxy) is 1. The van der Waals surface area contributed by atoms with Gasteiger partial charge in [-0.3, -0.25) is 9.59 Å². The van der Waals surface area contributed by atoms with E-state index in [0.717, 1.165) is 5.57 Å². The van der Waals surface area contributed by atoms with Gasteiger partial charge in [0.05, 0.1) is 23.1 Å². The molecule has 2 amide bonds. The van der Waals surface area contributed by atoms with E-state index in [2.05, 4.69) is 26.0 Å². The third kappa shape index (κ3) is 5.91. The molecule has 0 N–H and O–H groups in total. The van der Waals surface area contributed by atoms with Gasteiger partial charge >= 0.3 is 55.0 Å². The minimum absolute atomic E-state index is 0. The Morgan fingerprint density at radius 2 is 1.42 bits per heavy atom. The van der Waals surface area contributed by atoms with Gasteiger partial charge in [0.1, 0.15) is 0 Å². The number of hydrogen-bond donors (Lipinski definition) is 0. The number of benzene rings is 1. The van der Waals surface area contributed by atoms with Crippen molar-refractivity contribution in [3.63, 3.8) is 0 Å². The van der Waals surface area contributed by atoms with Gasteiger partial charge in [0, 0.05) is 0 Å². The number of nitrogens with zero attached hydrogens (tertiary/aromatic N) is 1. The maximum atomic E-state index is 12.9. The van der Waals surface area contributed by atoms with Crippen LogP contribution in [0, 0.1) is 70.0 Å². The van der Waals surface area contributed by atoms with Crippen LogP contribution >= 0.6 is 0 Å². The summed E-state index contributed by atoms with van der Waals surface area (Å²) >= 11 is 0. The largest absolute Gasteiger partial charge is 2.00 e. The first-order valence-electron chi connectivity index (χ1n) is 9.59. The number of amides is 2. The fourth-order valence-corrected chi connectivity index (χ4v) is 4.36. The Balaban J connectivity index is 0.000000728. The van der Waals surface area contributed by atoms with Gasteiger partial charge in [0.2, 0.25) is 11.8 Å². The molecule has 167 valence electrons. The van der Waals surface area contributed by atoms with Crippen LogP contribution in [0.4, 0.5) is 5.69 Å². The second kappa shape index (κ2) is 15.0. The van der Waals surface area contributed by atoms with Gasteiger partial charge in [-0.1, -0.05) is 38.2 Å². The van der Waals surface area contributed by atoms with Crippen LogP contribution < -0.4 is 4.90 Å². The number of carbonyl (C=O) groups is 2. The summed E-state index contributed by atoms with van der Waals surface area (Å²) in [7, 11) is 0. The molecule has 4 atom stereocenters. The Labute approximate surface area is 209 Å². The molecule has 1 aromatic carbocycles. The summed E-state index contributed by atoms with van der Waals surface area (Å²) in [5.74, 6) is -1.11. The third-order valence-electron chi connectivity index (χ3n) is 5.61. The molecule has 0 unspecified atom stereocenters. The van der Waals surface area contributed by atoms with Crippen LogP contribution in [0.2, 0.25) is 0 Å². The zero-order valence-electron chi connectivity index (χ0n) is 18.0. The molecule has 3 aliphatic heterocycles. The van der Waals surface area contributed by atoms with Crippen molar-refractivity contribution in [2.75, 3.05) is 4.90 Å². The Hall–Kier alpha value is -2.03. The third-order valence-corrected chi connectivity index (χ3v) is 5.61. The Bertz CT molecular complexity index is 852. The van der Waals surface area contributed by atoms with Crippen molar-refractivity contribution in [2.45, 2.75) is 32.0 Å². The summed E-state index contributed by atoms with van der Waals surface area (Å²) in [5.41, 5.74) is 0.975. The van der Waals surface area contributed by atoms with E-state index in [1.54, 1.807) is 12.1 Å². The second-order valence-corrected chi connectivity index (χ2v) is 6.86. The van der Waals surface area contributed by atoms with Crippen LogP contribution in [0.5, 0.6) is 0 Å². The quantitative estimate of drug-likeness (QED) is 0.290. The molecule has 33 heavy (non-hydrogen) atoms. The topological polar surface area (TPSA) is 106 Å². The van der Waals surface area contributed by atoms with E-state index < -0.39 is 17.4 Å². The minimum Gasteiger partial charge on any atom is -0.0312 e. The number of carbonyl (C=O) groups excluding carboxylic acids is 2. The van der Waals surface area contributed by atoms with E-state index >= 15 is 0 Å². The van der Waals surface area contributed by atoms with Gasteiger partial charge in [-0.2, -0.15) is 0 Å². The number of anilines is 1. The molecule has 8 heteroatoms. The number of imide groups is 1. The normalized spacial score (nSPS) is 27.5. The summed E-state index contributed by atoms with van der Waals surface area (Å²) in [4.78, 5) is 26.9. The zero-order chi connectivity index (χ0) is 24.3. The molecular formula is C25H21NO6W+. The molecule has 4 aliphatic rings. The summed E-state index contributed by atoms with van der Waals surface area (Å²) in [5, 5.41) is 0. The molecule has 0 spiro atoms. The first-order valence-corrected chi connectivity index (χ1v) is 9.59. The molecular weight excluding hydrogens is 594 g/mol. The van der Waals surface area contributed by atoms with E-state index in [9.17, 15) is 9.59 Å². The van der Waals surface area contributed by atoms with Crippen molar-refractivity contribution in [1.82, 2.24) is 0 Å². The van der Waals surface area contributed by atoms with Gasteiger partial charge in [0.25, 0.3) is 0 Å². The zero-order valence-corrected chi connectivity index (χ0v) is 21.0. The van der Waals surface area contributed by atoms with E-state index in [1.165, 1.54) is 4.90 Å². The summed E-state index contributed by atoms with van der Waals surface area (Å²) in [6, 6.07) is 9.13. The molecule has 5 rings (SSSR count).